The van der Waals surface area contributed by atoms with E-state index in [0.717, 1.165) is 41.7 Å². The van der Waals surface area contributed by atoms with Gasteiger partial charge in [0, 0.05) is 13.0 Å². The fraction of sp³-hybridized carbons (Fsp3) is 0.263. The van der Waals surface area contributed by atoms with Crippen molar-refractivity contribution in [3.8, 4) is 0 Å². The molecule has 0 fully saturated rings. The van der Waals surface area contributed by atoms with Crippen LogP contribution in [0, 0.1) is 0 Å². The summed E-state index contributed by atoms with van der Waals surface area (Å²) in [5.74, 6) is 0.0225. The summed E-state index contributed by atoms with van der Waals surface area (Å²) in [5.41, 5.74) is 2.89. The Labute approximate surface area is 156 Å². The number of rotatable bonds is 6. The predicted octanol–water partition coefficient (Wildman–Crippen LogP) is 5.43. The van der Waals surface area contributed by atoms with Crippen molar-refractivity contribution in [2.75, 3.05) is 0 Å². The minimum atomic E-state index is -0.932. The van der Waals surface area contributed by atoms with Gasteiger partial charge in [0.2, 0.25) is 0 Å². The first-order chi connectivity index (χ1) is 12.0. The van der Waals surface area contributed by atoms with Crippen LogP contribution in [-0.2, 0) is 13.0 Å². The second kappa shape index (κ2) is 7.46. The van der Waals surface area contributed by atoms with Gasteiger partial charge in [-0.15, -0.1) is 0 Å². The molecule has 0 saturated heterocycles. The number of carboxylic acids is 1. The third-order valence-electron chi connectivity index (χ3n) is 4.14. The number of carbonyl (C=O) groups is 1. The molecule has 0 atom stereocenters. The third-order valence-corrected chi connectivity index (χ3v) is 4.86. The van der Waals surface area contributed by atoms with Gasteiger partial charge in [0.1, 0.15) is 5.82 Å². The monoisotopic (exact) mass is 376 g/mol. The van der Waals surface area contributed by atoms with Crippen LogP contribution in [0.25, 0.3) is 11.0 Å². The summed E-state index contributed by atoms with van der Waals surface area (Å²) < 4.78 is 2.09. The Balaban J connectivity index is 2.07. The highest BCUT2D eigenvalue weighted by Gasteiger charge is 2.14. The zero-order valence-electron chi connectivity index (χ0n) is 13.8. The molecular formula is C19H18Cl2N2O2. The summed E-state index contributed by atoms with van der Waals surface area (Å²) in [6, 6.07) is 10.6. The minimum Gasteiger partial charge on any atom is -0.478 e. The topological polar surface area (TPSA) is 55.1 Å². The maximum atomic E-state index is 11.2. The molecule has 6 heteroatoms. The van der Waals surface area contributed by atoms with E-state index in [9.17, 15) is 9.90 Å². The number of aromatic nitrogens is 2. The van der Waals surface area contributed by atoms with Gasteiger partial charge in [0.15, 0.2) is 0 Å². The number of halogens is 2. The molecule has 25 heavy (non-hydrogen) atoms. The molecule has 1 heterocycles. The van der Waals surface area contributed by atoms with Gasteiger partial charge in [0.25, 0.3) is 0 Å². The molecule has 3 rings (SSSR count). The number of aromatic carboxylic acids is 1. The van der Waals surface area contributed by atoms with Crippen LogP contribution in [-0.4, -0.2) is 20.6 Å². The van der Waals surface area contributed by atoms with E-state index >= 15 is 0 Å². The van der Waals surface area contributed by atoms with Crippen molar-refractivity contribution < 1.29 is 9.90 Å². The van der Waals surface area contributed by atoms with Crippen LogP contribution >= 0.6 is 23.2 Å². The lowest BCUT2D eigenvalue weighted by atomic mass is 10.1. The van der Waals surface area contributed by atoms with Gasteiger partial charge >= 0.3 is 5.97 Å². The van der Waals surface area contributed by atoms with Gasteiger partial charge in [-0.1, -0.05) is 48.7 Å². The molecule has 0 aliphatic heterocycles. The minimum absolute atomic E-state index is 0.276. The molecular weight excluding hydrogens is 359 g/mol. The number of carboxylic acid groups (broad SMARTS) is 1. The summed E-state index contributed by atoms with van der Waals surface area (Å²) in [4.78, 5) is 15.9. The number of nitrogens with zero attached hydrogens (tertiary/aromatic N) is 2. The van der Waals surface area contributed by atoms with Gasteiger partial charge in [-0.3, -0.25) is 0 Å². The van der Waals surface area contributed by atoms with E-state index in [2.05, 4.69) is 11.5 Å². The van der Waals surface area contributed by atoms with Crippen LogP contribution in [0.3, 0.4) is 0 Å². The fourth-order valence-corrected chi connectivity index (χ4v) is 3.17. The average molecular weight is 377 g/mol. The number of hydrogen-bond acceptors (Lipinski definition) is 2. The van der Waals surface area contributed by atoms with Crippen LogP contribution < -0.4 is 0 Å². The summed E-state index contributed by atoms with van der Waals surface area (Å²) >= 11 is 12.3. The van der Waals surface area contributed by atoms with Crippen molar-refractivity contribution in [3.05, 3.63) is 63.4 Å². The molecule has 130 valence electrons. The van der Waals surface area contributed by atoms with Crippen molar-refractivity contribution in [1.29, 1.82) is 0 Å². The van der Waals surface area contributed by atoms with Crippen molar-refractivity contribution >= 4 is 40.2 Å². The molecule has 1 aromatic heterocycles. The Bertz CT molecular complexity index is 935. The van der Waals surface area contributed by atoms with Crippen LogP contribution in [0.2, 0.25) is 10.0 Å². The number of hydrogen-bond donors (Lipinski definition) is 1. The largest absolute Gasteiger partial charge is 0.478 e. The lowest BCUT2D eigenvalue weighted by Gasteiger charge is -2.10. The molecule has 0 unspecified atom stereocenters. The Morgan fingerprint density at radius 2 is 1.96 bits per heavy atom. The number of fused-ring (bicyclic) bond motifs is 1. The van der Waals surface area contributed by atoms with Gasteiger partial charge in [-0.25, -0.2) is 9.78 Å². The summed E-state index contributed by atoms with van der Waals surface area (Å²) in [7, 11) is 0. The molecule has 4 nitrogen and oxygen atoms in total. The highest BCUT2D eigenvalue weighted by molar-refractivity contribution is 6.42. The highest BCUT2D eigenvalue weighted by Crippen LogP contribution is 2.29. The summed E-state index contributed by atoms with van der Waals surface area (Å²) in [6.45, 7) is 2.67. The maximum absolute atomic E-state index is 11.2. The van der Waals surface area contributed by atoms with Crippen molar-refractivity contribution in [2.45, 2.75) is 32.7 Å². The molecule has 0 aliphatic rings. The normalized spacial score (nSPS) is 11.2. The number of imidazole rings is 1. The Kier molecular flexibility index (Phi) is 5.30. The summed E-state index contributed by atoms with van der Waals surface area (Å²) in [6.07, 6.45) is 2.94. The Hall–Kier alpha value is -2.04. The molecule has 0 spiro atoms. The van der Waals surface area contributed by atoms with Crippen molar-refractivity contribution in [2.24, 2.45) is 0 Å². The summed E-state index contributed by atoms with van der Waals surface area (Å²) in [5, 5.41) is 10.2. The first kappa shape index (κ1) is 17.8. The second-order valence-electron chi connectivity index (χ2n) is 5.98. The van der Waals surface area contributed by atoms with Gasteiger partial charge in [-0.2, -0.15) is 0 Å². The lowest BCUT2D eigenvalue weighted by Crippen LogP contribution is -2.06. The van der Waals surface area contributed by atoms with E-state index in [0.29, 0.717) is 16.6 Å². The molecule has 0 saturated carbocycles. The van der Waals surface area contributed by atoms with E-state index in [-0.39, 0.29) is 5.56 Å². The van der Waals surface area contributed by atoms with Crippen molar-refractivity contribution in [1.82, 2.24) is 9.55 Å². The van der Waals surface area contributed by atoms with E-state index in [1.807, 2.05) is 12.1 Å². The van der Waals surface area contributed by atoms with Crippen molar-refractivity contribution in [3.63, 3.8) is 0 Å². The van der Waals surface area contributed by atoms with Crippen LogP contribution in [0.15, 0.2) is 36.4 Å². The Morgan fingerprint density at radius 1 is 1.20 bits per heavy atom. The predicted molar refractivity (Wildman–Crippen MR) is 101 cm³/mol. The van der Waals surface area contributed by atoms with E-state index in [1.54, 1.807) is 24.3 Å². The van der Waals surface area contributed by atoms with E-state index in [1.165, 1.54) is 0 Å². The van der Waals surface area contributed by atoms with E-state index < -0.39 is 5.97 Å². The van der Waals surface area contributed by atoms with Gasteiger partial charge in [-0.05, 0) is 36.2 Å². The van der Waals surface area contributed by atoms with E-state index in [4.69, 9.17) is 28.2 Å². The third kappa shape index (κ3) is 3.80. The first-order valence-electron chi connectivity index (χ1n) is 8.16. The standard InChI is InChI=1S/C19H18Cl2N2O2/c1-2-3-7-18-22-16-9-14(20)15(21)10-17(16)23(18)11-12-5-4-6-13(8-12)19(24)25/h4-6,8-10H,2-3,7,11H2,1H3,(H,24,25). The lowest BCUT2D eigenvalue weighted by molar-refractivity contribution is 0.0696. The molecule has 0 amide bonds. The zero-order chi connectivity index (χ0) is 18.0. The van der Waals surface area contributed by atoms with Gasteiger partial charge in [0.05, 0.1) is 26.6 Å². The fourth-order valence-electron chi connectivity index (χ4n) is 2.86. The molecule has 0 aliphatic carbocycles. The number of aryl methyl sites for hydroxylation is 1. The highest BCUT2D eigenvalue weighted by atomic mass is 35.5. The van der Waals surface area contributed by atoms with Crippen LogP contribution in [0.5, 0.6) is 0 Å². The zero-order valence-corrected chi connectivity index (χ0v) is 15.3. The maximum Gasteiger partial charge on any atom is 0.335 e. The smallest absolute Gasteiger partial charge is 0.335 e. The number of unbranched alkanes of at least 4 members (excludes halogenated alkanes) is 1. The average Bonchev–Trinajstić information content (AvgIpc) is 2.90. The molecule has 1 N–H and O–H groups in total. The molecule has 0 bridgehead atoms. The molecule has 3 aromatic rings. The van der Waals surface area contributed by atoms with Crippen LogP contribution in [0.1, 0.15) is 41.5 Å². The number of benzene rings is 2. The second-order valence-corrected chi connectivity index (χ2v) is 6.79. The Morgan fingerprint density at radius 3 is 2.68 bits per heavy atom. The molecule has 0 radical (unpaired) electrons. The quantitative estimate of drug-likeness (QED) is 0.623. The van der Waals surface area contributed by atoms with Crippen LogP contribution in [0.4, 0.5) is 0 Å². The SMILES string of the molecule is CCCCc1nc2cc(Cl)c(Cl)cc2n1Cc1cccc(C(=O)O)c1. The first-order valence-corrected chi connectivity index (χ1v) is 8.91. The van der Waals surface area contributed by atoms with Gasteiger partial charge < -0.3 is 9.67 Å². The molecule has 2 aromatic carbocycles.